The van der Waals surface area contributed by atoms with Gasteiger partial charge in [-0.3, -0.25) is 9.89 Å². The molecule has 2 atom stereocenters. The summed E-state index contributed by atoms with van der Waals surface area (Å²) in [4.78, 5) is 7.16. The number of guanidine groups is 1. The second-order valence-corrected chi connectivity index (χ2v) is 6.46. The molecule has 2 unspecified atom stereocenters. The lowest BCUT2D eigenvalue weighted by atomic mass is 10.2. The standard InChI is InChI=1S/C18H38N4O2.HI/c1-5-19-18(20-10-7-8-13-23-6-2)21-11-9-12-22-14-16(3)24-17(4)15-22;/h16-17H,5-15H2,1-4H3,(H2,19,20,21);1H. The number of aliphatic imine (C=N–C) groups is 1. The molecule has 1 aliphatic rings. The molecule has 1 saturated heterocycles. The maximum absolute atomic E-state index is 5.77. The minimum atomic E-state index is 0. The second-order valence-electron chi connectivity index (χ2n) is 6.46. The molecule has 1 rings (SSSR count). The molecule has 0 aliphatic carbocycles. The summed E-state index contributed by atoms with van der Waals surface area (Å²) in [5.41, 5.74) is 0. The Labute approximate surface area is 171 Å². The van der Waals surface area contributed by atoms with Crippen LogP contribution < -0.4 is 10.6 Å². The molecule has 0 saturated carbocycles. The normalized spacial score (nSPS) is 21.7. The maximum Gasteiger partial charge on any atom is 0.191 e. The van der Waals surface area contributed by atoms with Crippen LogP contribution in [0.3, 0.4) is 0 Å². The molecule has 0 aromatic carbocycles. The zero-order chi connectivity index (χ0) is 17.6. The van der Waals surface area contributed by atoms with Gasteiger partial charge in [0.2, 0.25) is 0 Å². The van der Waals surface area contributed by atoms with E-state index >= 15 is 0 Å². The smallest absolute Gasteiger partial charge is 0.191 e. The molecule has 0 aromatic heterocycles. The molecular weight excluding hydrogens is 431 g/mol. The van der Waals surface area contributed by atoms with E-state index in [4.69, 9.17) is 9.47 Å². The van der Waals surface area contributed by atoms with Crippen LogP contribution in [0.2, 0.25) is 0 Å². The first kappa shape index (κ1) is 24.9. The number of morpholine rings is 1. The Kier molecular flexibility index (Phi) is 16.0. The van der Waals surface area contributed by atoms with Gasteiger partial charge in [-0.05, 0) is 47.0 Å². The molecule has 1 fully saturated rings. The monoisotopic (exact) mass is 470 g/mol. The van der Waals surface area contributed by atoms with Crippen LogP contribution in [-0.4, -0.2) is 75.5 Å². The summed E-state index contributed by atoms with van der Waals surface area (Å²) in [6, 6.07) is 0. The second kappa shape index (κ2) is 16.1. The van der Waals surface area contributed by atoms with Crippen molar-refractivity contribution in [2.24, 2.45) is 4.99 Å². The van der Waals surface area contributed by atoms with Gasteiger partial charge in [-0.1, -0.05) is 0 Å². The predicted octanol–water partition coefficient (Wildman–Crippen LogP) is 2.48. The Morgan fingerprint density at radius 1 is 1.12 bits per heavy atom. The van der Waals surface area contributed by atoms with Crippen molar-refractivity contribution >= 4 is 29.9 Å². The number of hydrogen-bond donors (Lipinski definition) is 2. The molecule has 0 amide bonds. The molecule has 2 N–H and O–H groups in total. The first-order valence-electron chi connectivity index (χ1n) is 9.63. The van der Waals surface area contributed by atoms with Crippen LogP contribution >= 0.6 is 24.0 Å². The number of ether oxygens (including phenoxy) is 2. The highest BCUT2D eigenvalue weighted by atomic mass is 127. The molecular formula is C18H39IN4O2. The van der Waals surface area contributed by atoms with Crippen LogP contribution in [0.5, 0.6) is 0 Å². The summed E-state index contributed by atoms with van der Waals surface area (Å²) < 4.78 is 11.1. The third kappa shape index (κ3) is 12.8. The summed E-state index contributed by atoms with van der Waals surface area (Å²) in [7, 11) is 0. The number of nitrogens with one attached hydrogen (secondary N) is 2. The summed E-state index contributed by atoms with van der Waals surface area (Å²) >= 11 is 0. The Hall–Kier alpha value is -0.120. The Morgan fingerprint density at radius 2 is 1.84 bits per heavy atom. The number of nitrogens with zero attached hydrogens (tertiary/aromatic N) is 2. The highest BCUT2D eigenvalue weighted by molar-refractivity contribution is 14.0. The SMILES string of the molecule is CCNC(=NCCCN1CC(C)OC(C)C1)NCCCCOCC.I. The van der Waals surface area contributed by atoms with E-state index < -0.39 is 0 Å². The summed E-state index contributed by atoms with van der Waals surface area (Å²) in [6.45, 7) is 15.9. The van der Waals surface area contributed by atoms with Crippen LogP contribution in [0.15, 0.2) is 4.99 Å². The van der Waals surface area contributed by atoms with Gasteiger partial charge in [-0.15, -0.1) is 24.0 Å². The van der Waals surface area contributed by atoms with E-state index in [1.165, 1.54) is 0 Å². The van der Waals surface area contributed by atoms with Gasteiger partial charge in [0, 0.05) is 52.5 Å². The largest absolute Gasteiger partial charge is 0.382 e. The minimum Gasteiger partial charge on any atom is -0.382 e. The van der Waals surface area contributed by atoms with E-state index in [1.54, 1.807) is 0 Å². The predicted molar refractivity (Wildman–Crippen MR) is 116 cm³/mol. The van der Waals surface area contributed by atoms with Crippen molar-refractivity contribution in [3.63, 3.8) is 0 Å². The van der Waals surface area contributed by atoms with Gasteiger partial charge >= 0.3 is 0 Å². The van der Waals surface area contributed by atoms with Gasteiger partial charge < -0.3 is 20.1 Å². The van der Waals surface area contributed by atoms with Gasteiger partial charge in [0.05, 0.1) is 12.2 Å². The van der Waals surface area contributed by atoms with Gasteiger partial charge in [-0.2, -0.15) is 0 Å². The van der Waals surface area contributed by atoms with E-state index in [2.05, 4.69) is 41.3 Å². The van der Waals surface area contributed by atoms with Gasteiger partial charge in [-0.25, -0.2) is 0 Å². The molecule has 6 nitrogen and oxygen atoms in total. The third-order valence-corrected chi connectivity index (χ3v) is 3.95. The lowest BCUT2D eigenvalue weighted by Crippen LogP contribution is -2.45. The number of hydrogen-bond acceptors (Lipinski definition) is 4. The zero-order valence-electron chi connectivity index (χ0n) is 16.6. The van der Waals surface area contributed by atoms with Crippen molar-refractivity contribution in [2.75, 3.05) is 52.5 Å². The van der Waals surface area contributed by atoms with Crippen LogP contribution in [-0.2, 0) is 9.47 Å². The van der Waals surface area contributed by atoms with Crippen LogP contribution in [0.1, 0.15) is 47.0 Å². The van der Waals surface area contributed by atoms with Crippen molar-refractivity contribution in [1.29, 1.82) is 0 Å². The molecule has 0 aromatic rings. The van der Waals surface area contributed by atoms with E-state index in [-0.39, 0.29) is 24.0 Å². The van der Waals surface area contributed by atoms with E-state index in [0.717, 1.165) is 77.7 Å². The van der Waals surface area contributed by atoms with E-state index in [1.807, 2.05) is 6.92 Å². The molecule has 25 heavy (non-hydrogen) atoms. The van der Waals surface area contributed by atoms with Crippen LogP contribution in [0.25, 0.3) is 0 Å². The van der Waals surface area contributed by atoms with Crippen molar-refractivity contribution in [3.05, 3.63) is 0 Å². The molecule has 1 heterocycles. The third-order valence-electron chi connectivity index (χ3n) is 3.95. The summed E-state index contributed by atoms with van der Waals surface area (Å²) in [5, 5.41) is 6.71. The fraction of sp³-hybridized carbons (Fsp3) is 0.944. The van der Waals surface area contributed by atoms with Crippen molar-refractivity contribution < 1.29 is 9.47 Å². The average molecular weight is 470 g/mol. The maximum atomic E-state index is 5.77. The molecule has 7 heteroatoms. The number of rotatable bonds is 11. The lowest BCUT2D eigenvalue weighted by Gasteiger charge is -2.35. The molecule has 0 radical (unpaired) electrons. The topological polar surface area (TPSA) is 58.1 Å². The first-order valence-corrected chi connectivity index (χ1v) is 9.63. The average Bonchev–Trinajstić information content (AvgIpc) is 2.53. The molecule has 0 bridgehead atoms. The van der Waals surface area contributed by atoms with Crippen LogP contribution in [0.4, 0.5) is 0 Å². The zero-order valence-corrected chi connectivity index (χ0v) is 18.9. The fourth-order valence-electron chi connectivity index (χ4n) is 2.97. The lowest BCUT2D eigenvalue weighted by molar-refractivity contribution is -0.0679. The first-order chi connectivity index (χ1) is 11.7. The molecule has 150 valence electrons. The quantitative estimate of drug-likeness (QED) is 0.210. The molecule has 1 aliphatic heterocycles. The summed E-state index contributed by atoms with van der Waals surface area (Å²) in [6.07, 6.45) is 3.96. The van der Waals surface area contributed by atoms with E-state index in [0.29, 0.717) is 12.2 Å². The number of halogens is 1. The van der Waals surface area contributed by atoms with Crippen molar-refractivity contribution in [3.8, 4) is 0 Å². The molecule has 0 spiro atoms. The van der Waals surface area contributed by atoms with Crippen molar-refractivity contribution in [2.45, 2.75) is 59.2 Å². The highest BCUT2D eigenvalue weighted by Gasteiger charge is 2.21. The minimum absolute atomic E-state index is 0. The Bertz CT molecular complexity index is 335. The van der Waals surface area contributed by atoms with Crippen LogP contribution in [0, 0.1) is 0 Å². The van der Waals surface area contributed by atoms with Crippen molar-refractivity contribution in [1.82, 2.24) is 15.5 Å². The highest BCUT2D eigenvalue weighted by Crippen LogP contribution is 2.10. The number of unbranched alkanes of at least 4 members (excludes halogenated alkanes) is 1. The summed E-state index contributed by atoms with van der Waals surface area (Å²) in [5.74, 6) is 0.928. The Balaban J connectivity index is 0.00000576. The fourth-order valence-corrected chi connectivity index (χ4v) is 2.97. The van der Waals surface area contributed by atoms with E-state index in [9.17, 15) is 0 Å². The van der Waals surface area contributed by atoms with Gasteiger partial charge in [0.25, 0.3) is 0 Å². The Morgan fingerprint density at radius 3 is 2.48 bits per heavy atom. The van der Waals surface area contributed by atoms with Gasteiger partial charge in [0.15, 0.2) is 5.96 Å². The van der Waals surface area contributed by atoms with Gasteiger partial charge in [0.1, 0.15) is 0 Å².